The smallest absolute Gasteiger partial charge is 0.545 e. The Kier molecular flexibility index (Phi) is 24.8. The van der Waals surface area contributed by atoms with Crippen LogP contribution >= 0.6 is 0 Å². The van der Waals surface area contributed by atoms with E-state index in [0.29, 0.717) is 11.4 Å². The predicted octanol–water partition coefficient (Wildman–Crippen LogP) is 6.20. The fourth-order valence-electron chi connectivity index (χ4n) is 4.23. The molecule has 0 amide bonds. The summed E-state index contributed by atoms with van der Waals surface area (Å²) in [5.74, 6) is -2.35. The molecule has 6 aromatic rings. The second-order valence-corrected chi connectivity index (χ2v) is 10.5. The van der Waals surface area contributed by atoms with Gasteiger partial charge in [0.2, 0.25) is 0 Å². The van der Waals surface area contributed by atoms with E-state index in [1.54, 1.807) is 61.2 Å². The first kappa shape index (κ1) is 47.2. The summed E-state index contributed by atoms with van der Waals surface area (Å²) in [5.41, 5.74) is 7.76. The van der Waals surface area contributed by atoms with Gasteiger partial charge in [0, 0.05) is 72.9 Å². The Bertz CT molecular complexity index is 1700. The van der Waals surface area contributed by atoms with Crippen molar-refractivity contribution in [1.82, 2.24) is 9.97 Å². The maximum absolute atomic E-state index is 11.0. The molecule has 0 atom stereocenters. The van der Waals surface area contributed by atoms with Crippen LogP contribution in [-0.2, 0) is 17.1 Å². The van der Waals surface area contributed by atoms with E-state index in [1.165, 1.54) is 12.1 Å². The van der Waals surface area contributed by atoms with Gasteiger partial charge in [0.05, 0.1) is 11.9 Å². The number of anilines is 4. The van der Waals surface area contributed by atoms with Gasteiger partial charge in [-0.25, -0.2) is 0 Å². The summed E-state index contributed by atoms with van der Waals surface area (Å²) in [6, 6.07) is 36.7. The van der Waals surface area contributed by atoms with Gasteiger partial charge in [-0.1, -0.05) is 72.8 Å². The molecule has 0 saturated carbocycles. The van der Waals surface area contributed by atoms with Gasteiger partial charge < -0.3 is 40.6 Å². The van der Waals surface area contributed by atoms with Crippen LogP contribution in [0.5, 0.6) is 0 Å². The number of para-hydroxylation sites is 2. The molecule has 1 radical (unpaired) electrons. The Balaban J connectivity index is 0.000000718. The fraction of sp³-hybridized carbons (Fsp3) is 0.143. The SMILES string of the molecule is CO.CO.Cc1cccc(Nc2ccccc2C(=O)[O-])c1C.Cc1cccc(Nc2ccccc2C(=O)[O-])c1C.[Cu+2].c1ccncc1.c1ccncc1. The van der Waals surface area contributed by atoms with Gasteiger partial charge >= 0.3 is 17.1 Å². The number of aromatic nitrogens is 2. The number of hydrogen-bond acceptors (Lipinski definition) is 10. The summed E-state index contributed by atoms with van der Waals surface area (Å²) in [7, 11) is 2.00. The molecule has 0 spiro atoms. The number of aliphatic hydroxyl groups excluding tert-OH is 2. The topological polar surface area (TPSA) is 171 Å². The minimum atomic E-state index is -1.18. The van der Waals surface area contributed by atoms with E-state index in [4.69, 9.17) is 10.2 Å². The average Bonchev–Trinajstić information content (AvgIpc) is 3.19. The molecule has 11 heteroatoms. The van der Waals surface area contributed by atoms with Gasteiger partial charge in [-0.3, -0.25) is 9.97 Å². The molecule has 0 bridgehead atoms. The molecule has 10 nitrogen and oxygen atoms in total. The summed E-state index contributed by atoms with van der Waals surface area (Å²) in [6.45, 7) is 8.04. The van der Waals surface area contributed by atoms with E-state index in [1.807, 2.05) is 100 Å². The first-order valence-electron chi connectivity index (χ1n) is 16.1. The number of nitrogens with one attached hydrogen (secondary N) is 2. The molecule has 281 valence electrons. The third kappa shape index (κ3) is 17.3. The molecular weight excluding hydrogens is 720 g/mol. The quantitative estimate of drug-likeness (QED) is 0.143. The van der Waals surface area contributed by atoms with E-state index in [0.717, 1.165) is 47.8 Å². The van der Waals surface area contributed by atoms with Crippen molar-refractivity contribution in [3.8, 4) is 0 Å². The maximum Gasteiger partial charge on any atom is 2.00 e. The zero-order valence-corrected chi connectivity index (χ0v) is 31.5. The Labute approximate surface area is 322 Å². The molecule has 2 aromatic heterocycles. The van der Waals surface area contributed by atoms with Crippen LogP contribution in [0.2, 0.25) is 0 Å². The van der Waals surface area contributed by atoms with Crippen LogP contribution in [0.1, 0.15) is 43.0 Å². The number of aryl methyl sites for hydroxylation is 2. The summed E-state index contributed by atoms with van der Waals surface area (Å²) >= 11 is 0. The van der Waals surface area contributed by atoms with Crippen molar-refractivity contribution in [1.29, 1.82) is 0 Å². The van der Waals surface area contributed by atoms with Crippen LogP contribution in [0.25, 0.3) is 0 Å². The summed E-state index contributed by atoms with van der Waals surface area (Å²) < 4.78 is 0. The Morgan fingerprint density at radius 2 is 0.755 bits per heavy atom. The second kappa shape index (κ2) is 27.8. The van der Waals surface area contributed by atoms with Crippen LogP contribution in [-0.4, -0.2) is 46.3 Å². The van der Waals surface area contributed by atoms with Gasteiger partial charge in [-0.05, 0) is 98.5 Å². The summed E-state index contributed by atoms with van der Waals surface area (Å²) in [6.07, 6.45) is 7.00. The monoisotopic (exact) mass is 765 g/mol. The number of aliphatic hydroxyl groups is 2. The molecule has 53 heavy (non-hydrogen) atoms. The van der Waals surface area contributed by atoms with Gasteiger partial charge in [-0.2, -0.15) is 0 Å². The van der Waals surface area contributed by atoms with Crippen molar-refractivity contribution < 1.29 is 47.1 Å². The molecule has 0 aliphatic heterocycles. The van der Waals surface area contributed by atoms with Crippen LogP contribution < -0.4 is 20.8 Å². The van der Waals surface area contributed by atoms with Crippen LogP contribution in [0, 0.1) is 27.7 Å². The van der Waals surface area contributed by atoms with E-state index >= 15 is 0 Å². The summed E-state index contributed by atoms with van der Waals surface area (Å²) in [4.78, 5) is 29.6. The van der Waals surface area contributed by atoms with Gasteiger partial charge in [-0.15, -0.1) is 0 Å². The molecule has 2 heterocycles. The van der Waals surface area contributed by atoms with Crippen LogP contribution in [0.15, 0.2) is 146 Å². The zero-order valence-electron chi connectivity index (χ0n) is 30.6. The third-order valence-corrected chi connectivity index (χ3v) is 7.17. The van der Waals surface area contributed by atoms with Gasteiger partial charge in [0.1, 0.15) is 0 Å². The molecule has 4 N–H and O–H groups in total. The predicted molar refractivity (Wildman–Crippen MR) is 205 cm³/mol. The number of aromatic carboxylic acids is 2. The van der Waals surface area contributed by atoms with Crippen molar-refractivity contribution in [2.75, 3.05) is 24.9 Å². The number of nitrogens with zero attached hydrogens (tertiary/aromatic N) is 2. The van der Waals surface area contributed by atoms with E-state index < -0.39 is 11.9 Å². The maximum atomic E-state index is 11.0. The zero-order chi connectivity index (χ0) is 38.7. The minimum Gasteiger partial charge on any atom is -0.545 e. The number of benzene rings is 4. The molecule has 0 fully saturated rings. The van der Waals surface area contributed by atoms with Crippen molar-refractivity contribution in [2.24, 2.45) is 0 Å². The average molecular weight is 766 g/mol. The van der Waals surface area contributed by atoms with Gasteiger partial charge in [0.15, 0.2) is 0 Å². The molecule has 4 aromatic carbocycles. The number of rotatable bonds is 6. The summed E-state index contributed by atoms with van der Waals surface area (Å²) in [5, 5.41) is 42.3. The molecule has 0 saturated heterocycles. The fourth-order valence-corrected chi connectivity index (χ4v) is 4.23. The molecule has 0 unspecified atom stereocenters. The number of carbonyl (C=O) groups excluding carboxylic acids is 2. The standard InChI is InChI=1S/2C15H15NO2.2C5H5N.2CH4O.Cu/c2*1-10-6-5-9-13(11(10)2)16-14-8-4-3-7-12(14)15(17)18;2*1-2-4-6-5-3-1;2*1-2;/h2*3-9,16H,1-2H3,(H,17,18);2*1-5H;2*2H,1H3;/q;;;;;;+2/p-2. The molecule has 0 aliphatic rings. The minimum absolute atomic E-state index is 0. The van der Waals surface area contributed by atoms with Crippen molar-refractivity contribution in [3.63, 3.8) is 0 Å². The number of carboxylic acids is 2. The van der Waals surface area contributed by atoms with Crippen LogP contribution in [0.4, 0.5) is 22.7 Å². The second-order valence-electron chi connectivity index (χ2n) is 10.5. The van der Waals surface area contributed by atoms with E-state index in [2.05, 4.69) is 20.6 Å². The van der Waals surface area contributed by atoms with Gasteiger partial charge in [0.25, 0.3) is 0 Å². The number of carbonyl (C=O) groups is 2. The molecule has 6 rings (SSSR count). The Morgan fingerprint density at radius 1 is 0.453 bits per heavy atom. The van der Waals surface area contributed by atoms with Crippen LogP contribution in [0.3, 0.4) is 0 Å². The number of carboxylic acid groups (broad SMARTS) is 2. The third-order valence-electron chi connectivity index (χ3n) is 7.17. The van der Waals surface area contributed by atoms with E-state index in [9.17, 15) is 19.8 Å². The Morgan fingerprint density at radius 3 is 1.02 bits per heavy atom. The Hall–Kier alpha value is -5.84. The first-order valence-corrected chi connectivity index (χ1v) is 16.1. The van der Waals surface area contributed by atoms with E-state index in [-0.39, 0.29) is 28.2 Å². The molecule has 0 aliphatic carbocycles. The van der Waals surface area contributed by atoms with Crippen molar-refractivity contribution in [3.05, 3.63) is 179 Å². The normalized spacial score (nSPS) is 8.91. The molecular formula is C42H46CuN4O6. The largest absolute Gasteiger partial charge is 2.00 e. The number of hydrogen-bond donors (Lipinski definition) is 4. The van der Waals surface area contributed by atoms with Crippen molar-refractivity contribution in [2.45, 2.75) is 27.7 Å². The van der Waals surface area contributed by atoms with Crippen molar-refractivity contribution >= 4 is 34.7 Å². The first-order chi connectivity index (χ1) is 25.2. The number of pyridine rings is 2.